The minimum Gasteiger partial charge on any atom is -0.492 e. The summed E-state index contributed by atoms with van der Waals surface area (Å²) in [6.07, 6.45) is 1.08. The SMILES string of the molecule is CC(O)CN1CCC2(CC1)CN(CCOc1ccccc1)C(=O)O2. The van der Waals surface area contributed by atoms with Gasteiger partial charge in [0.2, 0.25) is 0 Å². The first kappa shape index (κ1) is 17.0. The number of rotatable bonds is 6. The van der Waals surface area contributed by atoms with E-state index in [4.69, 9.17) is 9.47 Å². The highest BCUT2D eigenvalue weighted by Gasteiger charge is 2.46. The third-order valence-electron chi connectivity index (χ3n) is 4.70. The van der Waals surface area contributed by atoms with E-state index in [-0.39, 0.29) is 17.8 Å². The molecule has 2 aliphatic heterocycles. The largest absolute Gasteiger partial charge is 0.492 e. The molecule has 2 heterocycles. The van der Waals surface area contributed by atoms with E-state index >= 15 is 0 Å². The van der Waals surface area contributed by atoms with Crippen molar-refractivity contribution < 1.29 is 19.4 Å². The minimum absolute atomic E-state index is 0.240. The molecule has 1 unspecified atom stereocenters. The molecule has 3 rings (SSSR count). The second-order valence-electron chi connectivity index (χ2n) is 6.78. The van der Waals surface area contributed by atoms with Gasteiger partial charge >= 0.3 is 6.09 Å². The Morgan fingerprint density at radius 2 is 2.00 bits per heavy atom. The van der Waals surface area contributed by atoms with Crippen molar-refractivity contribution in [3.8, 4) is 5.75 Å². The summed E-state index contributed by atoms with van der Waals surface area (Å²) >= 11 is 0. The lowest BCUT2D eigenvalue weighted by Crippen LogP contribution is -2.48. The number of aliphatic hydroxyl groups excluding tert-OH is 1. The molecule has 1 spiro atoms. The monoisotopic (exact) mass is 334 g/mol. The van der Waals surface area contributed by atoms with Crippen LogP contribution in [0.2, 0.25) is 0 Å². The van der Waals surface area contributed by atoms with Gasteiger partial charge in [0.15, 0.2) is 0 Å². The molecule has 6 heteroatoms. The third kappa shape index (κ3) is 4.19. The summed E-state index contributed by atoms with van der Waals surface area (Å²) in [5.41, 5.74) is -0.362. The molecule has 1 amide bonds. The number of amides is 1. The summed E-state index contributed by atoms with van der Waals surface area (Å²) in [4.78, 5) is 16.1. The molecule has 1 atom stereocenters. The van der Waals surface area contributed by atoms with Gasteiger partial charge in [-0.1, -0.05) is 18.2 Å². The van der Waals surface area contributed by atoms with Gasteiger partial charge in [-0.15, -0.1) is 0 Å². The maximum Gasteiger partial charge on any atom is 0.410 e. The standard InChI is InChI=1S/C18H26N2O4/c1-15(21)13-19-9-7-18(8-10-19)14-20(17(22)24-18)11-12-23-16-5-3-2-4-6-16/h2-6,15,21H,7-14H2,1H3. The Labute approximate surface area is 143 Å². The highest BCUT2D eigenvalue weighted by molar-refractivity contribution is 5.70. The average Bonchev–Trinajstić information content (AvgIpc) is 2.86. The number of hydrogen-bond donors (Lipinski definition) is 1. The number of nitrogens with zero attached hydrogens (tertiary/aromatic N) is 2. The number of likely N-dealkylation sites (tertiary alicyclic amines) is 1. The van der Waals surface area contributed by atoms with Crippen LogP contribution in [0.3, 0.4) is 0 Å². The van der Waals surface area contributed by atoms with Gasteiger partial charge in [-0.25, -0.2) is 4.79 Å². The van der Waals surface area contributed by atoms with Crippen molar-refractivity contribution in [1.29, 1.82) is 0 Å². The Balaban J connectivity index is 1.46. The minimum atomic E-state index is -0.362. The first-order chi connectivity index (χ1) is 11.6. The van der Waals surface area contributed by atoms with E-state index in [0.29, 0.717) is 26.2 Å². The molecule has 0 aliphatic carbocycles. The molecular weight excluding hydrogens is 308 g/mol. The number of carbonyl (C=O) groups excluding carboxylic acids is 1. The van der Waals surface area contributed by atoms with E-state index in [1.165, 1.54) is 0 Å². The molecule has 1 aromatic rings. The normalized spacial score (nSPS) is 21.8. The van der Waals surface area contributed by atoms with Crippen LogP contribution in [-0.2, 0) is 4.74 Å². The van der Waals surface area contributed by atoms with Crippen molar-refractivity contribution in [3.63, 3.8) is 0 Å². The van der Waals surface area contributed by atoms with Crippen molar-refractivity contribution in [1.82, 2.24) is 9.80 Å². The summed E-state index contributed by atoms with van der Waals surface area (Å²) in [6, 6.07) is 9.60. The topological polar surface area (TPSA) is 62.2 Å². The summed E-state index contributed by atoms with van der Waals surface area (Å²) in [6.45, 7) is 5.81. The van der Waals surface area contributed by atoms with Crippen molar-refractivity contribution in [2.75, 3.05) is 39.3 Å². The molecule has 1 N–H and O–H groups in total. The van der Waals surface area contributed by atoms with Gasteiger partial charge in [-0.2, -0.15) is 0 Å². The molecular formula is C18H26N2O4. The Bertz CT molecular complexity index is 541. The van der Waals surface area contributed by atoms with Crippen LogP contribution in [0.4, 0.5) is 4.79 Å². The fourth-order valence-corrected chi connectivity index (χ4v) is 3.43. The van der Waals surface area contributed by atoms with Gasteiger partial charge < -0.3 is 24.4 Å². The molecule has 0 bridgehead atoms. The van der Waals surface area contributed by atoms with Gasteiger partial charge in [0.05, 0.1) is 19.2 Å². The smallest absolute Gasteiger partial charge is 0.410 e. The predicted molar refractivity (Wildman–Crippen MR) is 90.1 cm³/mol. The number of aliphatic hydroxyl groups is 1. The quantitative estimate of drug-likeness (QED) is 0.858. The fourth-order valence-electron chi connectivity index (χ4n) is 3.43. The Morgan fingerprint density at radius 1 is 1.29 bits per heavy atom. The summed E-state index contributed by atoms with van der Waals surface area (Å²) in [5.74, 6) is 0.811. The maximum atomic E-state index is 12.1. The van der Waals surface area contributed by atoms with Crippen molar-refractivity contribution in [2.45, 2.75) is 31.5 Å². The highest BCUT2D eigenvalue weighted by Crippen LogP contribution is 2.33. The van der Waals surface area contributed by atoms with Crippen LogP contribution >= 0.6 is 0 Å². The van der Waals surface area contributed by atoms with Gasteiger partial charge in [0.25, 0.3) is 0 Å². The Morgan fingerprint density at radius 3 is 2.67 bits per heavy atom. The highest BCUT2D eigenvalue weighted by atomic mass is 16.6. The summed E-state index contributed by atoms with van der Waals surface area (Å²) in [7, 11) is 0. The van der Waals surface area contributed by atoms with Crippen LogP contribution in [0.15, 0.2) is 30.3 Å². The summed E-state index contributed by atoms with van der Waals surface area (Å²) < 4.78 is 11.4. The molecule has 1 aromatic carbocycles. The average molecular weight is 334 g/mol. The van der Waals surface area contributed by atoms with E-state index in [1.54, 1.807) is 11.8 Å². The first-order valence-corrected chi connectivity index (χ1v) is 8.63. The Hall–Kier alpha value is -1.79. The van der Waals surface area contributed by atoms with Crippen LogP contribution in [-0.4, -0.2) is 72.0 Å². The lowest BCUT2D eigenvalue weighted by atomic mass is 9.91. The van der Waals surface area contributed by atoms with Crippen LogP contribution in [0.5, 0.6) is 5.75 Å². The van der Waals surface area contributed by atoms with E-state index < -0.39 is 0 Å². The first-order valence-electron chi connectivity index (χ1n) is 8.63. The van der Waals surface area contributed by atoms with Crippen molar-refractivity contribution in [2.24, 2.45) is 0 Å². The van der Waals surface area contributed by atoms with E-state index in [0.717, 1.165) is 31.7 Å². The summed E-state index contributed by atoms with van der Waals surface area (Å²) in [5, 5.41) is 9.49. The maximum absolute atomic E-state index is 12.1. The van der Waals surface area contributed by atoms with Gasteiger partial charge in [-0.05, 0) is 19.1 Å². The molecule has 2 saturated heterocycles. The second kappa shape index (κ2) is 7.40. The molecule has 2 aliphatic rings. The molecule has 0 saturated carbocycles. The zero-order valence-corrected chi connectivity index (χ0v) is 14.2. The van der Waals surface area contributed by atoms with Crippen molar-refractivity contribution in [3.05, 3.63) is 30.3 Å². The lowest BCUT2D eigenvalue weighted by Gasteiger charge is -2.37. The molecule has 6 nitrogen and oxygen atoms in total. The lowest BCUT2D eigenvalue weighted by molar-refractivity contribution is -0.00832. The Kier molecular flexibility index (Phi) is 5.26. The van der Waals surface area contributed by atoms with E-state index in [1.807, 2.05) is 30.3 Å². The van der Waals surface area contributed by atoms with Crippen LogP contribution in [0.25, 0.3) is 0 Å². The van der Waals surface area contributed by atoms with Crippen molar-refractivity contribution >= 4 is 6.09 Å². The number of ether oxygens (including phenoxy) is 2. The van der Waals surface area contributed by atoms with Gasteiger partial charge in [0, 0.05) is 32.5 Å². The van der Waals surface area contributed by atoms with Crippen LogP contribution < -0.4 is 4.74 Å². The number of benzene rings is 1. The molecule has 0 aromatic heterocycles. The third-order valence-corrected chi connectivity index (χ3v) is 4.70. The zero-order chi connectivity index (χ0) is 17.0. The second-order valence-corrected chi connectivity index (χ2v) is 6.78. The number of carbonyl (C=O) groups is 1. The molecule has 24 heavy (non-hydrogen) atoms. The predicted octanol–water partition coefficient (Wildman–Crippen LogP) is 1.73. The van der Waals surface area contributed by atoms with Gasteiger partial charge in [-0.3, -0.25) is 0 Å². The number of hydrogen-bond acceptors (Lipinski definition) is 5. The van der Waals surface area contributed by atoms with E-state index in [9.17, 15) is 9.90 Å². The zero-order valence-electron chi connectivity index (χ0n) is 14.2. The fraction of sp³-hybridized carbons (Fsp3) is 0.611. The van der Waals surface area contributed by atoms with Gasteiger partial charge in [0.1, 0.15) is 18.0 Å². The number of β-amino-alcohol motifs (C(OH)–C–C–N with tert-alkyl or cyclic N) is 1. The van der Waals surface area contributed by atoms with Crippen LogP contribution in [0, 0.1) is 0 Å². The van der Waals surface area contributed by atoms with Crippen LogP contribution in [0.1, 0.15) is 19.8 Å². The molecule has 132 valence electrons. The number of para-hydroxylation sites is 1. The molecule has 2 fully saturated rings. The molecule has 0 radical (unpaired) electrons. The van der Waals surface area contributed by atoms with E-state index in [2.05, 4.69) is 4.90 Å². The number of piperidine rings is 1.